The van der Waals surface area contributed by atoms with Crippen molar-refractivity contribution in [2.24, 2.45) is 0 Å². The average molecular weight is 452 g/mol. The van der Waals surface area contributed by atoms with Crippen LogP contribution in [0, 0.1) is 0 Å². The van der Waals surface area contributed by atoms with Crippen LogP contribution in [0.2, 0.25) is 0 Å². The Hall–Kier alpha value is -2.76. The summed E-state index contributed by atoms with van der Waals surface area (Å²) in [5.74, 6) is -0.302. The highest BCUT2D eigenvalue weighted by Crippen LogP contribution is 2.38. The van der Waals surface area contributed by atoms with Crippen molar-refractivity contribution in [3.8, 4) is 0 Å². The number of hydrogen-bond acceptors (Lipinski definition) is 3. The van der Waals surface area contributed by atoms with E-state index in [4.69, 9.17) is 0 Å². The summed E-state index contributed by atoms with van der Waals surface area (Å²) in [5.41, 5.74) is -3.47. The van der Waals surface area contributed by atoms with Crippen molar-refractivity contribution in [2.45, 2.75) is 29.6 Å². The Kier molecular flexibility index (Phi) is 5.48. The van der Waals surface area contributed by atoms with E-state index >= 15 is 0 Å². The fraction of sp³-hybridized carbons (Fsp3) is 0.278. The van der Waals surface area contributed by atoms with Gasteiger partial charge >= 0.3 is 12.4 Å². The van der Waals surface area contributed by atoms with Crippen molar-refractivity contribution >= 4 is 21.6 Å². The number of rotatable bonds is 4. The fourth-order valence-corrected chi connectivity index (χ4v) is 4.03. The van der Waals surface area contributed by atoms with Gasteiger partial charge in [0.2, 0.25) is 5.91 Å². The van der Waals surface area contributed by atoms with Gasteiger partial charge in [0.05, 0.1) is 21.7 Å². The lowest BCUT2D eigenvalue weighted by molar-refractivity contribution is -0.143. The lowest BCUT2D eigenvalue weighted by Gasteiger charge is -2.16. The van der Waals surface area contributed by atoms with Gasteiger partial charge in [-0.3, -0.25) is 9.52 Å². The Balaban J connectivity index is 1.90. The molecule has 30 heavy (non-hydrogen) atoms. The van der Waals surface area contributed by atoms with E-state index in [-0.39, 0.29) is 41.3 Å². The van der Waals surface area contributed by atoms with Crippen LogP contribution in [0.5, 0.6) is 0 Å². The molecule has 0 radical (unpaired) electrons. The molecule has 0 aliphatic carbocycles. The lowest BCUT2D eigenvalue weighted by Crippen LogP contribution is -2.16. The zero-order valence-corrected chi connectivity index (χ0v) is 15.8. The van der Waals surface area contributed by atoms with E-state index in [1.807, 2.05) is 0 Å². The smallest absolute Gasteiger partial charge is 0.355 e. The van der Waals surface area contributed by atoms with Crippen molar-refractivity contribution in [1.29, 1.82) is 0 Å². The van der Waals surface area contributed by atoms with Crippen LogP contribution >= 0.6 is 0 Å². The molecule has 2 N–H and O–H groups in total. The van der Waals surface area contributed by atoms with Crippen molar-refractivity contribution in [1.82, 2.24) is 5.32 Å². The van der Waals surface area contributed by atoms with Gasteiger partial charge in [-0.15, -0.1) is 0 Å². The molecule has 1 atom stereocenters. The molecule has 2 aromatic rings. The molecular formula is C18H14F6N2O3S. The number of benzene rings is 2. The molecule has 0 aromatic heterocycles. The predicted octanol–water partition coefficient (Wildman–Crippen LogP) is 4.13. The van der Waals surface area contributed by atoms with Crippen LogP contribution in [0.4, 0.5) is 32.0 Å². The zero-order chi connectivity index (χ0) is 22.3. The summed E-state index contributed by atoms with van der Waals surface area (Å²) in [6.45, 7) is 0.383. The molecule has 0 bridgehead atoms. The Morgan fingerprint density at radius 2 is 1.43 bits per heavy atom. The molecule has 12 heteroatoms. The number of carbonyl (C=O) groups is 1. The minimum atomic E-state index is -5.10. The molecular weight excluding hydrogens is 438 g/mol. The molecule has 1 aliphatic heterocycles. The molecule has 2 aromatic carbocycles. The molecule has 0 spiro atoms. The first-order valence-corrected chi connectivity index (χ1v) is 9.93. The number of halogens is 6. The Morgan fingerprint density at radius 3 is 1.87 bits per heavy atom. The molecule has 1 amide bonds. The molecule has 1 heterocycles. The van der Waals surface area contributed by atoms with Gasteiger partial charge in [-0.2, -0.15) is 26.3 Å². The Labute approximate surface area is 167 Å². The third kappa shape index (κ3) is 4.86. The number of amides is 1. The van der Waals surface area contributed by atoms with Crippen LogP contribution in [-0.2, 0) is 27.2 Å². The van der Waals surface area contributed by atoms with Crippen LogP contribution in [0.3, 0.4) is 0 Å². The van der Waals surface area contributed by atoms with Crippen molar-refractivity contribution in [2.75, 3.05) is 11.3 Å². The van der Waals surface area contributed by atoms with Gasteiger partial charge in [0.25, 0.3) is 10.0 Å². The Bertz CT molecular complexity index is 1030. The van der Waals surface area contributed by atoms with Gasteiger partial charge in [0.1, 0.15) is 0 Å². The van der Waals surface area contributed by atoms with Crippen LogP contribution in [0.1, 0.15) is 29.0 Å². The maximum atomic E-state index is 12.9. The highest BCUT2D eigenvalue weighted by atomic mass is 32.2. The monoisotopic (exact) mass is 452 g/mol. The van der Waals surface area contributed by atoms with Crippen LogP contribution in [0.15, 0.2) is 47.4 Å². The van der Waals surface area contributed by atoms with E-state index in [2.05, 4.69) is 5.32 Å². The van der Waals surface area contributed by atoms with E-state index < -0.39 is 39.2 Å². The minimum Gasteiger partial charge on any atom is -0.355 e. The molecule has 5 nitrogen and oxygen atoms in total. The number of nitrogens with one attached hydrogen (secondary N) is 2. The highest BCUT2D eigenvalue weighted by Gasteiger charge is 2.37. The second-order valence-electron chi connectivity index (χ2n) is 6.67. The van der Waals surface area contributed by atoms with Gasteiger partial charge in [-0.1, -0.05) is 12.1 Å². The maximum Gasteiger partial charge on any atom is 0.416 e. The molecule has 1 fully saturated rings. The topological polar surface area (TPSA) is 75.3 Å². The predicted molar refractivity (Wildman–Crippen MR) is 94.1 cm³/mol. The van der Waals surface area contributed by atoms with Crippen molar-refractivity contribution in [3.05, 3.63) is 59.2 Å². The van der Waals surface area contributed by atoms with Gasteiger partial charge in [0, 0.05) is 18.9 Å². The number of carbonyl (C=O) groups excluding carboxylic acids is 1. The average Bonchev–Trinajstić information content (AvgIpc) is 3.06. The number of sulfonamides is 1. The van der Waals surface area contributed by atoms with E-state index in [1.54, 1.807) is 4.72 Å². The number of alkyl halides is 6. The van der Waals surface area contributed by atoms with Gasteiger partial charge in [-0.05, 0) is 35.9 Å². The molecule has 3 rings (SSSR count). The summed E-state index contributed by atoms with van der Waals surface area (Å²) in [7, 11) is -4.46. The van der Waals surface area contributed by atoms with E-state index in [0.29, 0.717) is 12.1 Å². The van der Waals surface area contributed by atoms with Crippen molar-refractivity contribution < 1.29 is 39.6 Å². The van der Waals surface area contributed by atoms with Crippen LogP contribution in [-0.4, -0.2) is 20.9 Å². The van der Waals surface area contributed by atoms with E-state index in [1.165, 1.54) is 24.3 Å². The second kappa shape index (κ2) is 7.49. The standard InChI is InChI=1S/C18H14F6N2O3S/c19-17(20,21)12-6-13(18(22,23)24)8-14(7-12)26-30(28,29)15-3-1-10(2-4-15)11-5-16(27)25-9-11/h1-4,6-8,11,26H,5,9H2,(H,25,27)/t11-/m1/s1. The number of anilines is 1. The van der Waals surface area contributed by atoms with Gasteiger partial charge in [-0.25, -0.2) is 8.42 Å². The fourth-order valence-electron chi connectivity index (χ4n) is 2.99. The quantitative estimate of drug-likeness (QED) is 0.686. The summed E-state index contributed by atoms with van der Waals surface area (Å²) in [6.07, 6.45) is -9.97. The lowest BCUT2D eigenvalue weighted by atomic mass is 9.99. The summed E-state index contributed by atoms with van der Waals surface area (Å²) < 4.78 is 104. The third-order valence-corrected chi connectivity index (χ3v) is 5.88. The normalized spacial score (nSPS) is 17.7. The first kappa shape index (κ1) is 21.9. The summed E-state index contributed by atoms with van der Waals surface area (Å²) >= 11 is 0. The maximum absolute atomic E-state index is 12.9. The molecule has 0 saturated carbocycles. The second-order valence-corrected chi connectivity index (χ2v) is 8.36. The zero-order valence-electron chi connectivity index (χ0n) is 14.9. The summed E-state index contributed by atoms with van der Waals surface area (Å²) in [4.78, 5) is 10.9. The molecule has 1 aliphatic rings. The molecule has 1 saturated heterocycles. The van der Waals surface area contributed by atoms with Crippen LogP contribution < -0.4 is 10.0 Å². The molecule has 0 unspecified atom stereocenters. The first-order valence-electron chi connectivity index (χ1n) is 8.45. The van der Waals surface area contributed by atoms with Crippen LogP contribution in [0.25, 0.3) is 0 Å². The summed E-state index contributed by atoms with van der Waals surface area (Å²) in [6, 6.07) is 5.69. The highest BCUT2D eigenvalue weighted by molar-refractivity contribution is 7.92. The van der Waals surface area contributed by atoms with Crippen molar-refractivity contribution in [3.63, 3.8) is 0 Å². The van der Waals surface area contributed by atoms with Gasteiger partial charge < -0.3 is 5.32 Å². The Morgan fingerprint density at radius 1 is 0.900 bits per heavy atom. The first-order chi connectivity index (χ1) is 13.8. The van der Waals surface area contributed by atoms with E-state index in [0.717, 1.165) is 0 Å². The number of hydrogen-bond donors (Lipinski definition) is 2. The third-order valence-electron chi connectivity index (χ3n) is 4.48. The summed E-state index contributed by atoms with van der Waals surface area (Å²) in [5, 5.41) is 2.63. The van der Waals surface area contributed by atoms with Gasteiger partial charge in [0.15, 0.2) is 0 Å². The minimum absolute atomic E-state index is 0.0937. The SMILES string of the molecule is O=C1C[C@@H](c2ccc(S(=O)(=O)Nc3cc(C(F)(F)F)cc(C(F)(F)F)c3)cc2)CN1. The molecule has 162 valence electrons. The largest absolute Gasteiger partial charge is 0.416 e. The van der Waals surface area contributed by atoms with E-state index in [9.17, 15) is 39.6 Å².